The average Bonchev–Trinajstić information content (AvgIpc) is 2.49. The predicted molar refractivity (Wildman–Crippen MR) is 95.0 cm³/mol. The first kappa shape index (κ1) is 19.4. The Bertz CT molecular complexity index is 576. The molecule has 0 aliphatic rings. The van der Waals surface area contributed by atoms with Gasteiger partial charge in [0.1, 0.15) is 0 Å². The van der Waals surface area contributed by atoms with Crippen LogP contribution >= 0.6 is 15.9 Å². The summed E-state index contributed by atoms with van der Waals surface area (Å²) >= 11 is 3.23. The summed E-state index contributed by atoms with van der Waals surface area (Å²) in [6.45, 7) is 4.05. The van der Waals surface area contributed by atoms with Crippen molar-refractivity contribution in [2.45, 2.75) is 57.0 Å². The van der Waals surface area contributed by atoms with E-state index in [1.54, 1.807) is 24.3 Å². The monoisotopic (exact) mass is 388 g/mol. The molecule has 0 saturated heterocycles. The van der Waals surface area contributed by atoms with Crippen molar-refractivity contribution in [1.82, 2.24) is 0 Å². The van der Waals surface area contributed by atoms with E-state index in [9.17, 15) is 13.5 Å². The average molecular weight is 389 g/mol. The summed E-state index contributed by atoms with van der Waals surface area (Å²) in [6.07, 6.45) is 5.60. The van der Waals surface area contributed by atoms with Crippen LogP contribution in [0.3, 0.4) is 0 Å². The SMILES string of the molecule is CCCCCCC(O)/C=C(\CBr)S(=O)(=O)c1ccc(C)cc1. The van der Waals surface area contributed by atoms with Gasteiger partial charge in [-0.2, -0.15) is 0 Å². The number of unbranched alkanes of at least 4 members (excludes halogenated alkanes) is 3. The number of hydrogen-bond acceptors (Lipinski definition) is 3. The Morgan fingerprint density at radius 2 is 1.86 bits per heavy atom. The van der Waals surface area contributed by atoms with Gasteiger partial charge in [0.15, 0.2) is 0 Å². The van der Waals surface area contributed by atoms with Crippen molar-refractivity contribution in [3.8, 4) is 0 Å². The molecule has 1 atom stereocenters. The van der Waals surface area contributed by atoms with E-state index in [4.69, 9.17) is 0 Å². The first-order valence-electron chi connectivity index (χ1n) is 7.68. The maximum absolute atomic E-state index is 12.6. The Balaban J connectivity index is 2.84. The van der Waals surface area contributed by atoms with E-state index in [0.29, 0.717) is 6.42 Å². The predicted octanol–water partition coefficient (Wildman–Crippen LogP) is 4.38. The van der Waals surface area contributed by atoms with E-state index in [0.717, 1.165) is 31.2 Å². The molecule has 1 aromatic carbocycles. The maximum Gasteiger partial charge on any atom is 0.203 e. The van der Waals surface area contributed by atoms with Crippen molar-refractivity contribution in [2.75, 3.05) is 5.33 Å². The molecule has 1 N–H and O–H groups in total. The van der Waals surface area contributed by atoms with Gasteiger partial charge in [0.2, 0.25) is 9.84 Å². The Morgan fingerprint density at radius 1 is 1.23 bits per heavy atom. The molecule has 0 saturated carbocycles. The number of hydrogen-bond donors (Lipinski definition) is 1. The molecule has 22 heavy (non-hydrogen) atoms. The molecule has 0 radical (unpaired) electrons. The number of alkyl halides is 1. The highest BCUT2D eigenvalue weighted by molar-refractivity contribution is 9.09. The van der Waals surface area contributed by atoms with Crippen molar-refractivity contribution in [1.29, 1.82) is 0 Å². The van der Waals surface area contributed by atoms with Crippen LogP contribution in [0.25, 0.3) is 0 Å². The van der Waals surface area contributed by atoms with E-state index in [2.05, 4.69) is 22.9 Å². The normalized spacial score (nSPS) is 14.1. The molecule has 1 rings (SSSR count). The topological polar surface area (TPSA) is 54.4 Å². The van der Waals surface area contributed by atoms with Crippen molar-refractivity contribution in [3.63, 3.8) is 0 Å². The quantitative estimate of drug-likeness (QED) is 0.504. The molecule has 1 unspecified atom stereocenters. The lowest BCUT2D eigenvalue weighted by molar-refractivity contribution is 0.207. The van der Waals surface area contributed by atoms with E-state index >= 15 is 0 Å². The van der Waals surface area contributed by atoms with Crippen LogP contribution in [-0.4, -0.2) is 25.0 Å². The highest BCUT2D eigenvalue weighted by Gasteiger charge is 2.20. The van der Waals surface area contributed by atoms with Gasteiger partial charge in [0.05, 0.1) is 15.9 Å². The standard InChI is InChI=1S/C17H25BrO3S/c1-3-4-5-6-7-15(19)12-17(13-18)22(20,21)16-10-8-14(2)9-11-16/h8-12,15,19H,3-7,13H2,1-2H3/b17-12+. The van der Waals surface area contributed by atoms with Gasteiger partial charge in [-0.3, -0.25) is 0 Å². The zero-order chi connectivity index (χ0) is 16.6. The molecule has 0 aliphatic heterocycles. The molecule has 0 spiro atoms. The van der Waals surface area contributed by atoms with Gasteiger partial charge in [-0.15, -0.1) is 0 Å². The third kappa shape index (κ3) is 5.86. The minimum atomic E-state index is -3.54. The van der Waals surface area contributed by atoms with E-state index in [1.807, 2.05) is 6.92 Å². The first-order valence-corrected chi connectivity index (χ1v) is 10.3. The van der Waals surface area contributed by atoms with Crippen LogP contribution in [0.15, 0.2) is 40.1 Å². The number of halogens is 1. The van der Waals surface area contributed by atoms with E-state index in [-0.39, 0.29) is 15.1 Å². The third-order valence-electron chi connectivity index (χ3n) is 3.54. The molecule has 1 aromatic rings. The second-order valence-corrected chi connectivity index (χ2v) is 8.06. The molecule has 0 aliphatic carbocycles. The second kappa shape index (κ2) is 9.48. The largest absolute Gasteiger partial charge is 0.389 e. The van der Waals surface area contributed by atoms with Crippen molar-refractivity contribution >= 4 is 25.8 Å². The van der Waals surface area contributed by atoms with Gasteiger partial charge in [-0.25, -0.2) is 8.42 Å². The van der Waals surface area contributed by atoms with Gasteiger partial charge in [0.25, 0.3) is 0 Å². The van der Waals surface area contributed by atoms with Crippen molar-refractivity contribution < 1.29 is 13.5 Å². The molecule has 0 bridgehead atoms. The van der Waals surface area contributed by atoms with Crippen molar-refractivity contribution in [3.05, 3.63) is 40.8 Å². The minimum absolute atomic E-state index is 0.204. The summed E-state index contributed by atoms with van der Waals surface area (Å²) in [5.41, 5.74) is 1.01. The Morgan fingerprint density at radius 3 is 2.41 bits per heavy atom. The Labute approximate surface area is 142 Å². The second-order valence-electron chi connectivity index (χ2n) is 5.50. The van der Waals surface area contributed by atoms with E-state index in [1.165, 1.54) is 6.08 Å². The molecule has 3 nitrogen and oxygen atoms in total. The lowest BCUT2D eigenvalue weighted by Crippen LogP contribution is -2.11. The highest BCUT2D eigenvalue weighted by Crippen LogP contribution is 2.22. The fraction of sp³-hybridized carbons (Fsp3) is 0.529. The molecule has 5 heteroatoms. The number of aliphatic hydroxyl groups excluding tert-OH is 1. The summed E-state index contributed by atoms with van der Waals surface area (Å²) < 4.78 is 25.2. The summed E-state index contributed by atoms with van der Waals surface area (Å²) in [5, 5.41) is 10.2. The van der Waals surface area contributed by atoms with Gasteiger partial charge in [-0.05, 0) is 31.6 Å². The number of sulfone groups is 1. The minimum Gasteiger partial charge on any atom is -0.389 e. The fourth-order valence-corrected chi connectivity index (χ4v) is 4.52. The summed E-state index contributed by atoms with van der Waals surface area (Å²) in [5.74, 6) is 0. The zero-order valence-corrected chi connectivity index (χ0v) is 15.7. The maximum atomic E-state index is 12.6. The highest BCUT2D eigenvalue weighted by atomic mass is 79.9. The van der Waals surface area contributed by atoms with Crippen LogP contribution < -0.4 is 0 Å². The van der Waals surface area contributed by atoms with Crippen LogP contribution in [0, 0.1) is 6.92 Å². The van der Waals surface area contributed by atoms with Crippen LogP contribution in [0.2, 0.25) is 0 Å². The summed E-state index contributed by atoms with van der Waals surface area (Å²) in [7, 11) is -3.54. The van der Waals surface area contributed by atoms with Crippen LogP contribution in [-0.2, 0) is 9.84 Å². The van der Waals surface area contributed by atoms with Crippen molar-refractivity contribution in [2.24, 2.45) is 0 Å². The molecule has 0 amide bonds. The smallest absolute Gasteiger partial charge is 0.203 e. The number of rotatable bonds is 9. The number of aryl methyl sites for hydroxylation is 1. The third-order valence-corrected chi connectivity index (χ3v) is 6.38. The lowest BCUT2D eigenvalue weighted by atomic mass is 10.1. The van der Waals surface area contributed by atoms with Gasteiger partial charge < -0.3 is 5.11 Å². The number of benzene rings is 1. The molecular weight excluding hydrogens is 364 g/mol. The zero-order valence-electron chi connectivity index (χ0n) is 13.3. The van der Waals surface area contributed by atoms with Crippen LogP contribution in [0.1, 0.15) is 44.6 Å². The van der Waals surface area contributed by atoms with Gasteiger partial charge >= 0.3 is 0 Å². The van der Waals surface area contributed by atoms with Crippen LogP contribution in [0.4, 0.5) is 0 Å². The lowest BCUT2D eigenvalue weighted by Gasteiger charge is -2.11. The molecule has 0 fully saturated rings. The van der Waals surface area contributed by atoms with Gasteiger partial charge in [0, 0.05) is 5.33 Å². The fourth-order valence-electron chi connectivity index (χ4n) is 2.15. The summed E-state index contributed by atoms with van der Waals surface area (Å²) in [4.78, 5) is 0.487. The van der Waals surface area contributed by atoms with Gasteiger partial charge in [-0.1, -0.05) is 66.2 Å². The molecule has 124 valence electrons. The molecule has 0 aromatic heterocycles. The Kier molecular flexibility index (Phi) is 8.36. The number of allylic oxidation sites excluding steroid dienone is 1. The molecule has 0 heterocycles. The van der Waals surface area contributed by atoms with Crippen LogP contribution in [0.5, 0.6) is 0 Å². The number of aliphatic hydroxyl groups is 1. The van der Waals surface area contributed by atoms with E-state index < -0.39 is 15.9 Å². The first-order chi connectivity index (χ1) is 10.4. The Hall–Kier alpha value is -0.650. The molecular formula is C17H25BrO3S. The summed E-state index contributed by atoms with van der Waals surface area (Å²) in [6, 6.07) is 6.77.